The Balaban J connectivity index is 0.000000568. The van der Waals surface area contributed by atoms with E-state index in [0.717, 1.165) is 11.1 Å². The zero-order chi connectivity index (χ0) is 20.8. The largest absolute Gasteiger partial charge is 0.480 e. The third-order valence-corrected chi connectivity index (χ3v) is 4.63. The Kier molecular flexibility index (Phi) is 11.8. The number of rotatable bonds is 8. The summed E-state index contributed by atoms with van der Waals surface area (Å²) in [7, 11) is 0. The lowest BCUT2D eigenvalue weighted by Gasteiger charge is -2.14. The van der Waals surface area contributed by atoms with Crippen molar-refractivity contribution in [3.05, 3.63) is 71.8 Å². The van der Waals surface area contributed by atoms with Crippen molar-refractivity contribution >= 4 is 49.7 Å². The summed E-state index contributed by atoms with van der Waals surface area (Å²) in [6.45, 7) is 0.102. The monoisotopic (exact) mass is 513 g/mol. The second-order valence-corrected chi connectivity index (χ2v) is 6.71. The van der Waals surface area contributed by atoms with Crippen molar-refractivity contribution in [3.8, 4) is 0 Å². The Morgan fingerprint density at radius 3 is 1.82 bits per heavy atom. The summed E-state index contributed by atoms with van der Waals surface area (Å²) in [6.07, 6.45) is -0.538. The molecule has 0 aliphatic rings. The van der Waals surface area contributed by atoms with Crippen molar-refractivity contribution in [2.45, 2.75) is 19.1 Å². The van der Waals surface area contributed by atoms with E-state index in [2.05, 4.69) is 37.2 Å². The first kappa shape index (κ1) is 23.8. The van der Waals surface area contributed by atoms with Gasteiger partial charge in [0, 0.05) is 6.42 Å². The number of amides is 1. The zero-order valence-corrected chi connectivity index (χ0v) is 18.2. The zero-order valence-electron chi connectivity index (χ0n) is 15.0. The topological polar surface area (TPSA) is 92.7 Å². The molecule has 2 aromatic carbocycles. The molecule has 2 aromatic rings. The van der Waals surface area contributed by atoms with E-state index in [0.29, 0.717) is 10.7 Å². The van der Waals surface area contributed by atoms with Gasteiger partial charge in [-0.25, -0.2) is 9.59 Å². The lowest BCUT2D eigenvalue weighted by Crippen LogP contribution is -2.42. The molecule has 0 fully saturated rings. The van der Waals surface area contributed by atoms with Crippen LogP contribution in [-0.2, 0) is 27.4 Å². The smallest absolute Gasteiger partial charge is 0.408 e. The number of alkyl halides is 2. The molecule has 0 saturated heterocycles. The van der Waals surface area contributed by atoms with Crippen LogP contribution in [0, 0.1) is 0 Å². The van der Waals surface area contributed by atoms with Crippen molar-refractivity contribution < 1.29 is 24.2 Å². The Morgan fingerprint density at radius 1 is 0.893 bits per heavy atom. The van der Waals surface area contributed by atoms with Crippen LogP contribution in [0.4, 0.5) is 4.79 Å². The standard InChI is InChI=1S/C17H17NO4.C3H4Br2O/c19-16(20)15(11-13-7-3-1-4-8-13)18-17(21)22-12-14-9-5-2-6-10-14;4-1-3(6)2-5/h1-10,15H,11-12H2,(H,18,21)(H,19,20);1-2H2/t15-;/m0./s1. The van der Waals surface area contributed by atoms with Crippen LogP contribution >= 0.6 is 31.9 Å². The highest BCUT2D eigenvalue weighted by atomic mass is 79.9. The predicted molar refractivity (Wildman–Crippen MR) is 114 cm³/mol. The van der Waals surface area contributed by atoms with Gasteiger partial charge < -0.3 is 15.2 Å². The number of carbonyl (C=O) groups is 3. The number of ether oxygens (including phenoxy) is 1. The molecule has 150 valence electrons. The number of carbonyl (C=O) groups excluding carboxylic acids is 2. The van der Waals surface area contributed by atoms with E-state index in [4.69, 9.17) is 4.74 Å². The fourth-order valence-corrected chi connectivity index (χ4v) is 2.92. The quantitative estimate of drug-likeness (QED) is 0.520. The van der Waals surface area contributed by atoms with Gasteiger partial charge in [0.1, 0.15) is 12.6 Å². The van der Waals surface area contributed by atoms with Crippen LogP contribution in [0.5, 0.6) is 0 Å². The molecular weight excluding hydrogens is 494 g/mol. The molecular formula is C20H21Br2NO5. The first-order valence-electron chi connectivity index (χ1n) is 8.33. The molecule has 0 unspecified atom stereocenters. The Bertz CT molecular complexity index is 735. The molecule has 28 heavy (non-hydrogen) atoms. The summed E-state index contributed by atoms with van der Waals surface area (Å²) < 4.78 is 5.03. The summed E-state index contributed by atoms with van der Waals surface area (Å²) in [5.74, 6) is -0.921. The van der Waals surface area contributed by atoms with Gasteiger partial charge in [-0.2, -0.15) is 0 Å². The van der Waals surface area contributed by atoms with Crippen LogP contribution in [0.2, 0.25) is 0 Å². The molecule has 1 amide bonds. The number of carboxylic acids is 1. The molecule has 6 nitrogen and oxygen atoms in total. The van der Waals surface area contributed by atoms with Gasteiger partial charge in [-0.05, 0) is 11.1 Å². The third-order valence-electron chi connectivity index (χ3n) is 3.38. The normalized spacial score (nSPS) is 10.8. The van der Waals surface area contributed by atoms with Crippen LogP contribution < -0.4 is 5.32 Å². The number of Topliss-reactive ketones (excluding diaryl/α,β-unsaturated/α-hetero) is 1. The van der Waals surface area contributed by atoms with Crippen molar-refractivity contribution in [1.82, 2.24) is 5.32 Å². The number of aliphatic carboxylic acids is 1. The molecule has 2 N–H and O–H groups in total. The number of nitrogens with one attached hydrogen (secondary N) is 1. The number of halogens is 2. The lowest BCUT2D eigenvalue weighted by molar-refractivity contribution is -0.139. The molecule has 8 heteroatoms. The summed E-state index contributed by atoms with van der Waals surface area (Å²) in [5, 5.41) is 12.5. The Morgan fingerprint density at radius 2 is 1.39 bits per heavy atom. The van der Waals surface area contributed by atoms with E-state index in [1.54, 1.807) is 0 Å². The van der Waals surface area contributed by atoms with Gasteiger partial charge in [-0.1, -0.05) is 92.5 Å². The number of benzene rings is 2. The number of hydrogen-bond acceptors (Lipinski definition) is 4. The molecule has 0 aliphatic carbocycles. The van der Waals surface area contributed by atoms with Gasteiger partial charge in [0.15, 0.2) is 5.78 Å². The highest BCUT2D eigenvalue weighted by Crippen LogP contribution is 2.05. The van der Waals surface area contributed by atoms with E-state index in [1.165, 1.54) is 0 Å². The first-order chi connectivity index (χ1) is 13.5. The van der Waals surface area contributed by atoms with E-state index >= 15 is 0 Å². The highest BCUT2D eigenvalue weighted by molar-refractivity contribution is 9.10. The van der Waals surface area contributed by atoms with Crippen molar-refractivity contribution in [3.63, 3.8) is 0 Å². The fourth-order valence-electron chi connectivity index (χ4n) is 1.99. The van der Waals surface area contributed by atoms with Crippen molar-refractivity contribution in [2.24, 2.45) is 0 Å². The maximum atomic E-state index is 11.7. The average Bonchev–Trinajstić information content (AvgIpc) is 2.73. The Labute approximate surface area is 180 Å². The second-order valence-electron chi connectivity index (χ2n) is 5.59. The van der Waals surface area contributed by atoms with E-state index < -0.39 is 18.1 Å². The van der Waals surface area contributed by atoms with Gasteiger partial charge in [-0.15, -0.1) is 0 Å². The van der Waals surface area contributed by atoms with Gasteiger partial charge >= 0.3 is 12.1 Å². The minimum absolute atomic E-state index is 0.102. The number of alkyl carbamates (subject to hydrolysis) is 1. The number of ketones is 1. The van der Waals surface area contributed by atoms with E-state index in [9.17, 15) is 19.5 Å². The third kappa shape index (κ3) is 10.2. The molecule has 0 aliphatic heterocycles. The average molecular weight is 515 g/mol. The van der Waals surface area contributed by atoms with Crippen LogP contribution in [0.25, 0.3) is 0 Å². The van der Waals surface area contributed by atoms with Crippen LogP contribution in [0.3, 0.4) is 0 Å². The molecule has 0 aromatic heterocycles. The maximum absolute atomic E-state index is 11.7. The molecule has 0 heterocycles. The van der Waals surface area contributed by atoms with Gasteiger partial charge in [-0.3, -0.25) is 4.79 Å². The summed E-state index contributed by atoms with van der Waals surface area (Å²) in [5.41, 5.74) is 1.67. The molecule has 0 bridgehead atoms. The molecule has 0 spiro atoms. The molecule has 1 atom stereocenters. The van der Waals surface area contributed by atoms with Gasteiger partial charge in [0.05, 0.1) is 10.7 Å². The highest BCUT2D eigenvalue weighted by Gasteiger charge is 2.21. The van der Waals surface area contributed by atoms with Gasteiger partial charge in [0.25, 0.3) is 0 Å². The molecule has 0 saturated carbocycles. The van der Waals surface area contributed by atoms with Gasteiger partial charge in [0.2, 0.25) is 0 Å². The SMILES string of the molecule is O=C(CBr)CBr.O=C(N[C@@H](Cc1ccccc1)C(=O)O)OCc1ccccc1. The molecule has 2 rings (SSSR count). The predicted octanol–water partition coefficient (Wildman–Crippen LogP) is 3.95. The van der Waals surface area contributed by atoms with Crippen LogP contribution in [0.1, 0.15) is 11.1 Å². The molecule has 0 radical (unpaired) electrons. The van der Waals surface area contributed by atoms with Crippen molar-refractivity contribution in [1.29, 1.82) is 0 Å². The van der Waals surface area contributed by atoms with E-state index in [1.807, 2.05) is 60.7 Å². The maximum Gasteiger partial charge on any atom is 0.408 e. The summed E-state index contributed by atoms with van der Waals surface area (Å²) in [4.78, 5) is 33.1. The Hall–Kier alpha value is -2.19. The minimum atomic E-state index is -1.10. The lowest BCUT2D eigenvalue weighted by atomic mass is 10.1. The van der Waals surface area contributed by atoms with Crippen molar-refractivity contribution in [2.75, 3.05) is 10.7 Å². The summed E-state index contributed by atoms with van der Waals surface area (Å²) in [6, 6.07) is 17.3. The number of carboxylic acid groups (broad SMARTS) is 1. The number of hydrogen-bond donors (Lipinski definition) is 2. The van der Waals surface area contributed by atoms with Crippen LogP contribution in [0.15, 0.2) is 60.7 Å². The fraction of sp³-hybridized carbons (Fsp3) is 0.250. The van der Waals surface area contributed by atoms with Crippen LogP contribution in [-0.4, -0.2) is 39.7 Å². The minimum Gasteiger partial charge on any atom is -0.480 e. The summed E-state index contributed by atoms with van der Waals surface area (Å²) >= 11 is 5.99. The second kappa shape index (κ2) is 13.9. The van der Waals surface area contributed by atoms with E-state index in [-0.39, 0.29) is 18.8 Å². The first-order valence-corrected chi connectivity index (χ1v) is 10.6.